The van der Waals surface area contributed by atoms with Gasteiger partial charge in [0.25, 0.3) is 0 Å². The molecule has 0 aliphatic carbocycles. The van der Waals surface area contributed by atoms with E-state index in [1.54, 1.807) is 0 Å². The second-order valence-electron chi connectivity index (χ2n) is 5.51. The predicted molar refractivity (Wildman–Crippen MR) is 90.7 cm³/mol. The third-order valence-corrected chi connectivity index (χ3v) is 3.89. The van der Waals surface area contributed by atoms with Crippen molar-refractivity contribution in [3.63, 3.8) is 0 Å². The van der Waals surface area contributed by atoms with Crippen molar-refractivity contribution >= 4 is 5.95 Å². The fourth-order valence-corrected chi connectivity index (χ4v) is 2.72. The molecular weight excluding hydrogens is 270 g/mol. The van der Waals surface area contributed by atoms with E-state index >= 15 is 0 Å². The molecular formula is C19H21N3. The van der Waals surface area contributed by atoms with E-state index in [0.717, 1.165) is 25.8 Å². The first-order chi connectivity index (χ1) is 10.8. The molecule has 0 aliphatic heterocycles. The molecule has 0 saturated carbocycles. The molecule has 0 aliphatic rings. The number of imidazole rings is 1. The van der Waals surface area contributed by atoms with Gasteiger partial charge in [0.1, 0.15) is 0 Å². The Kier molecular flexibility index (Phi) is 4.54. The summed E-state index contributed by atoms with van der Waals surface area (Å²) in [6, 6.07) is 21.0. The first-order valence-electron chi connectivity index (χ1n) is 7.70. The Hall–Kier alpha value is -2.55. The van der Waals surface area contributed by atoms with Crippen LogP contribution >= 0.6 is 0 Å². The maximum Gasteiger partial charge on any atom is 0.200 e. The van der Waals surface area contributed by atoms with Gasteiger partial charge in [-0.3, -0.25) is 0 Å². The average Bonchev–Trinajstić information content (AvgIpc) is 2.90. The predicted octanol–water partition coefficient (Wildman–Crippen LogP) is 3.69. The standard InChI is InChI=1S/C19H21N3/c20-19-21-15-18(14-17-10-5-2-6-11-17)22(19)13-7-12-16-8-3-1-4-9-16/h1-6,8-11,15H,7,12-14H2,(H2,20,21). The molecule has 3 heteroatoms. The summed E-state index contributed by atoms with van der Waals surface area (Å²) in [5.41, 5.74) is 9.85. The summed E-state index contributed by atoms with van der Waals surface area (Å²) in [6.07, 6.45) is 4.89. The van der Waals surface area contributed by atoms with Gasteiger partial charge < -0.3 is 10.3 Å². The van der Waals surface area contributed by atoms with Gasteiger partial charge in [0.05, 0.1) is 6.20 Å². The van der Waals surface area contributed by atoms with E-state index in [-0.39, 0.29) is 0 Å². The minimum atomic E-state index is 0.610. The Balaban J connectivity index is 1.65. The normalized spacial score (nSPS) is 10.7. The highest BCUT2D eigenvalue weighted by Gasteiger charge is 2.08. The van der Waals surface area contributed by atoms with Crippen molar-refractivity contribution in [3.8, 4) is 0 Å². The zero-order valence-electron chi connectivity index (χ0n) is 12.7. The second kappa shape index (κ2) is 6.94. The van der Waals surface area contributed by atoms with Crippen LogP contribution in [0.5, 0.6) is 0 Å². The molecule has 0 fully saturated rings. The van der Waals surface area contributed by atoms with Gasteiger partial charge in [0, 0.05) is 18.7 Å². The molecule has 0 amide bonds. The number of nitrogen functional groups attached to an aromatic ring is 1. The maximum atomic E-state index is 6.03. The molecule has 22 heavy (non-hydrogen) atoms. The van der Waals surface area contributed by atoms with E-state index < -0.39 is 0 Å². The van der Waals surface area contributed by atoms with Crippen LogP contribution in [0.15, 0.2) is 66.9 Å². The van der Waals surface area contributed by atoms with Crippen molar-refractivity contribution in [3.05, 3.63) is 83.7 Å². The van der Waals surface area contributed by atoms with Crippen LogP contribution in [0, 0.1) is 0 Å². The van der Waals surface area contributed by atoms with Crippen LogP contribution in [-0.4, -0.2) is 9.55 Å². The molecule has 0 saturated heterocycles. The molecule has 2 aromatic carbocycles. The first kappa shape index (κ1) is 14.4. The summed E-state index contributed by atoms with van der Waals surface area (Å²) in [4.78, 5) is 4.28. The van der Waals surface area contributed by atoms with Gasteiger partial charge in [0.15, 0.2) is 5.95 Å². The van der Waals surface area contributed by atoms with E-state index in [2.05, 4.69) is 64.1 Å². The van der Waals surface area contributed by atoms with Gasteiger partial charge in [-0.2, -0.15) is 0 Å². The number of aromatic nitrogens is 2. The largest absolute Gasteiger partial charge is 0.369 e. The van der Waals surface area contributed by atoms with Crippen LogP contribution in [0.1, 0.15) is 23.2 Å². The maximum absolute atomic E-state index is 6.03. The molecule has 112 valence electrons. The minimum Gasteiger partial charge on any atom is -0.369 e. The molecule has 3 nitrogen and oxygen atoms in total. The molecule has 1 heterocycles. The van der Waals surface area contributed by atoms with Gasteiger partial charge >= 0.3 is 0 Å². The molecule has 0 bridgehead atoms. The SMILES string of the molecule is Nc1ncc(Cc2ccccc2)n1CCCc1ccccc1. The lowest BCUT2D eigenvalue weighted by molar-refractivity contribution is 0.630. The van der Waals surface area contributed by atoms with Crippen LogP contribution in [0.3, 0.4) is 0 Å². The van der Waals surface area contributed by atoms with Gasteiger partial charge in [-0.1, -0.05) is 60.7 Å². The molecule has 0 atom stereocenters. The van der Waals surface area contributed by atoms with Crippen molar-refractivity contribution in [2.24, 2.45) is 0 Å². The van der Waals surface area contributed by atoms with Crippen LogP contribution in [0.25, 0.3) is 0 Å². The number of benzene rings is 2. The van der Waals surface area contributed by atoms with Crippen molar-refractivity contribution < 1.29 is 0 Å². The summed E-state index contributed by atoms with van der Waals surface area (Å²) >= 11 is 0. The van der Waals surface area contributed by atoms with Gasteiger partial charge in [-0.15, -0.1) is 0 Å². The monoisotopic (exact) mass is 291 g/mol. The summed E-state index contributed by atoms with van der Waals surface area (Å²) in [7, 11) is 0. The average molecular weight is 291 g/mol. The van der Waals surface area contributed by atoms with Gasteiger partial charge in [-0.25, -0.2) is 4.98 Å². The van der Waals surface area contributed by atoms with Gasteiger partial charge in [0.2, 0.25) is 0 Å². The fraction of sp³-hybridized carbons (Fsp3) is 0.211. The number of aryl methyl sites for hydroxylation is 1. The Morgan fingerprint density at radius 3 is 2.18 bits per heavy atom. The summed E-state index contributed by atoms with van der Waals surface area (Å²) in [5.74, 6) is 0.610. The Bertz CT molecular complexity index is 702. The summed E-state index contributed by atoms with van der Waals surface area (Å²) in [6.45, 7) is 0.906. The molecule has 2 N–H and O–H groups in total. The van der Waals surface area contributed by atoms with E-state index in [4.69, 9.17) is 5.73 Å². The number of nitrogens with zero attached hydrogens (tertiary/aromatic N) is 2. The zero-order valence-corrected chi connectivity index (χ0v) is 12.7. The van der Waals surface area contributed by atoms with Crippen LogP contribution in [0.2, 0.25) is 0 Å². The lowest BCUT2D eigenvalue weighted by Gasteiger charge is -2.10. The second-order valence-corrected chi connectivity index (χ2v) is 5.51. The number of hydrogen-bond donors (Lipinski definition) is 1. The Labute approximate surface area is 131 Å². The molecule has 1 aromatic heterocycles. The van der Waals surface area contributed by atoms with E-state index in [0.29, 0.717) is 5.95 Å². The van der Waals surface area contributed by atoms with Crippen LogP contribution in [0.4, 0.5) is 5.95 Å². The van der Waals surface area contributed by atoms with Crippen LogP contribution in [-0.2, 0) is 19.4 Å². The van der Waals surface area contributed by atoms with E-state index in [1.165, 1.54) is 16.8 Å². The van der Waals surface area contributed by atoms with Crippen molar-refractivity contribution in [2.45, 2.75) is 25.8 Å². The Morgan fingerprint density at radius 2 is 1.50 bits per heavy atom. The van der Waals surface area contributed by atoms with E-state index in [9.17, 15) is 0 Å². The topological polar surface area (TPSA) is 43.8 Å². The van der Waals surface area contributed by atoms with Crippen molar-refractivity contribution in [2.75, 3.05) is 5.73 Å². The third kappa shape index (κ3) is 3.55. The van der Waals surface area contributed by atoms with Crippen molar-refractivity contribution in [1.82, 2.24) is 9.55 Å². The quantitative estimate of drug-likeness (QED) is 0.752. The van der Waals surface area contributed by atoms with Crippen LogP contribution < -0.4 is 5.73 Å². The molecule has 0 spiro atoms. The molecule has 3 rings (SSSR count). The number of hydrogen-bond acceptors (Lipinski definition) is 2. The smallest absolute Gasteiger partial charge is 0.200 e. The highest BCUT2D eigenvalue weighted by atomic mass is 15.1. The third-order valence-electron chi connectivity index (χ3n) is 3.89. The number of anilines is 1. The highest BCUT2D eigenvalue weighted by Crippen LogP contribution is 2.14. The molecule has 0 radical (unpaired) electrons. The lowest BCUT2D eigenvalue weighted by atomic mass is 10.1. The fourth-order valence-electron chi connectivity index (χ4n) is 2.72. The van der Waals surface area contributed by atoms with E-state index in [1.807, 2.05) is 12.3 Å². The van der Waals surface area contributed by atoms with Crippen molar-refractivity contribution in [1.29, 1.82) is 0 Å². The Morgan fingerprint density at radius 1 is 0.864 bits per heavy atom. The lowest BCUT2D eigenvalue weighted by Crippen LogP contribution is -2.08. The summed E-state index contributed by atoms with van der Waals surface area (Å²) in [5, 5.41) is 0. The first-order valence-corrected chi connectivity index (χ1v) is 7.70. The molecule has 3 aromatic rings. The van der Waals surface area contributed by atoms with Gasteiger partial charge in [-0.05, 0) is 24.0 Å². The molecule has 0 unspecified atom stereocenters. The number of nitrogens with two attached hydrogens (primary N) is 1. The minimum absolute atomic E-state index is 0.610. The number of rotatable bonds is 6. The summed E-state index contributed by atoms with van der Waals surface area (Å²) < 4.78 is 2.13. The highest BCUT2D eigenvalue weighted by molar-refractivity contribution is 5.28. The zero-order chi connectivity index (χ0) is 15.2.